The molecule has 2 amide bonds. The van der Waals surface area contributed by atoms with Gasteiger partial charge in [0.05, 0.1) is 12.2 Å². The minimum Gasteiger partial charge on any atom is -0.346 e. The summed E-state index contributed by atoms with van der Waals surface area (Å²) in [5.74, 6) is -0.416. The number of hydrogen-bond acceptors (Lipinski definition) is 3. The Bertz CT molecular complexity index is 951. The van der Waals surface area contributed by atoms with Crippen LogP contribution in [0.1, 0.15) is 37.5 Å². The second-order valence-corrected chi connectivity index (χ2v) is 6.33. The van der Waals surface area contributed by atoms with Gasteiger partial charge >= 0.3 is 0 Å². The van der Waals surface area contributed by atoms with Crippen molar-refractivity contribution in [3.63, 3.8) is 0 Å². The van der Waals surface area contributed by atoms with Gasteiger partial charge in [-0.25, -0.2) is 0 Å². The van der Waals surface area contributed by atoms with E-state index in [-0.39, 0.29) is 11.8 Å². The Morgan fingerprint density at radius 1 is 0.852 bits per heavy atom. The second kappa shape index (κ2) is 8.27. The molecule has 0 aliphatic carbocycles. The van der Waals surface area contributed by atoms with Crippen LogP contribution >= 0.6 is 0 Å². The predicted octanol–water partition coefficient (Wildman–Crippen LogP) is 3.88. The molecular formula is C22H21N3O2. The minimum absolute atomic E-state index is 0.207. The highest BCUT2D eigenvalue weighted by molar-refractivity contribution is 6.05. The molecule has 5 nitrogen and oxygen atoms in total. The number of pyridine rings is 1. The smallest absolute Gasteiger partial charge is 0.255 e. The van der Waals surface area contributed by atoms with Crippen LogP contribution in [0.3, 0.4) is 0 Å². The summed E-state index contributed by atoms with van der Waals surface area (Å²) in [6.07, 6.45) is 1.68. The number of amides is 2. The molecule has 2 aromatic carbocycles. The van der Waals surface area contributed by atoms with Gasteiger partial charge in [0.15, 0.2) is 0 Å². The summed E-state index contributed by atoms with van der Waals surface area (Å²) < 4.78 is 0. The van der Waals surface area contributed by atoms with E-state index < -0.39 is 0 Å². The summed E-state index contributed by atoms with van der Waals surface area (Å²) >= 11 is 0. The van der Waals surface area contributed by atoms with E-state index in [1.807, 2.05) is 50.2 Å². The van der Waals surface area contributed by atoms with Crippen molar-refractivity contribution in [2.75, 3.05) is 5.32 Å². The average Bonchev–Trinajstić information content (AvgIpc) is 2.70. The molecule has 3 aromatic rings. The van der Waals surface area contributed by atoms with Crippen molar-refractivity contribution in [1.29, 1.82) is 0 Å². The predicted molar refractivity (Wildman–Crippen MR) is 106 cm³/mol. The summed E-state index contributed by atoms with van der Waals surface area (Å²) in [7, 11) is 0. The van der Waals surface area contributed by atoms with Crippen molar-refractivity contribution in [1.82, 2.24) is 10.3 Å². The second-order valence-electron chi connectivity index (χ2n) is 6.33. The fraction of sp³-hybridized carbons (Fsp3) is 0.136. The molecule has 0 radical (unpaired) electrons. The van der Waals surface area contributed by atoms with Crippen LogP contribution in [0.15, 0.2) is 66.9 Å². The van der Waals surface area contributed by atoms with Crippen molar-refractivity contribution in [3.8, 4) is 0 Å². The maximum Gasteiger partial charge on any atom is 0.255 e. The summed E-state index contributed by atoms with van der Waals surface area (Å²) in [5.41, 5.74) is 4.82. The van der Waals surface area contributed by atoms with Crippen molar-refractivity contribution in [2.45, 2.75) is 20.4 Å². The molecule has 1 aromatic heterocycles. The lowest BCUT2D eigenvalue weighted by molar-refractivity contribution is 0.0948. The molecule has 0 fully saturated rings. The Balaban J connectivity index is 1.61. The highest BCUT2D eigenvalue weighted by Crippen LogP contribution is 2.15. The van der Waals surface area contributed by atoms with E-state index in [1.54, 1.807) is 30.5 Å². The number of carbonyl (C=O) groups excluding carboxylic acids is 2. The van der Waals surface area contributed by atoms with Crippen LogP contribution in [0, 0.1) is 13.8 Å². The Hall–Kier alpha value is -3.47. The van der Waals surface area contributed by atoms with Gasteiger partial charge < -0.3 is 10.6 Å². The molecule has 0 aliphatic rings. The Labute approximate surface area is 158 Å². The number of anilines is 1. The van der Waals surface area contributed by atoms with Crippen molar-refractivity contribution >= 4 is 17.5 Å². The summed E-state index contributed by atoms with van der Waals surface area (Å²) in [5, 5.41) is 5.69. The van der Waals surface area contributed by atoms with Gasteiger partial charge in [-0.2, -0.15) is 0 Å². The fourth-order valence-corrected chi connectivity index (χ4v) is 2.57. The van der Waals surface area contributed by atoms with Crippen LogP contribution in [0.2, 0.25) is 0 Å². The highest BCUT2D eigenvalue weighted by Gasteiger charge is 2.10. The van der Waals surface area contributed by atoms with Crippen molar-refractivity contribution in [2.24, 2.45) is 0 Å². The lowest BCUT2D eigenvalue weighted by Crippen LogP contribution is -2.23. The first-order valence-electron chi connectivity index (χ1n) is 8.70. The molecule has 0 saturated heterocycles. The standard InChI is InChI=1S/C22H21N3O2/c1-15-6-11-19(13-16(15)2)25-22(27)18-9-7-17(8-10-18)21(26)24-14-20-5-3-4-12-23-20/h3-13H,14H2,1-2H3,(H,24,26)(H,25,27). The zero-order valence-corrected chi connectivity index (χ0v) is 15.3. The van der Waals surface area contributed by atoms with E-state index in [0.29, 0.717) is 17.7 Å². The van der Waals surface area contributed by atoms with Crippen LogP contribution in [-0.4, -0.2) is 16.8 Å². The number of carbonyl (C=O) groups is 2. The van der Waals surface area contributed by atoms with E-state index in [0.717, 1.165) is 16.9 Å². The van der Waals surface area contributed by atoms with E-state index in [4.69, 9.17) is 0 Å². The minimum atomic E-state index is -0.210. The fourth-order valence-electron chi connectivity index (χ4n) is 2.57. The largest absolute Gasteiger partial charge is 0.346 e. The number of hydrogen-bond donors (Lipinski definition) is 2. The molecule has 27 heavy (non-hydrogen) atoms. The zero-order valence-electron chi connectivity index (χ0n) is 15.3. The third-order valence-electron chi connectivity index (χ3n) is 4.33. The van der Waals surface area contributed by atoms with Gasteiger partial charge in [-0.15, -0.1) is 0 Å². The van der Waals surface area contributed by atoms with Crippen LogP contribution in [0.5, 0.6) is 0 Å². The molecule has 0 saturated carbocycles. The van der Waals surface area contributed by atoms with Crippen LogP contribution in [0.25, 0.3) is 0 Å². The van der Waals surface area contributed by atoms with Gasteiger partial charge in [-0.05, 0) is 73.5 Å². The zero-order chi connectivity index (χ0) is 19.2. The monoisotopic (exact) mass is 359 g/mol. The molecule has 136 valence electrons. The Morgan fingerprint density at radius 3 is 2.19 bits per heavy atom. The average molecular weight is 359 g/mol. The summed E-state index contributed by atoms with van der Waals surface area (Å²) in [4.78, 5) is 28.8. The van der Waals surface area contributed by atoms with Crippen molar-refractivity contribution in [3.05, 3.63) is 94.8 Å². The molecule has 2 N–H and O–H groups in total. The van der Waals surface area contributed by atoms with E-state index in [9.17, 15) is 9.59 Å². The van der Waals surface area contributed by atoms with Gasteiger partial charge in [0.2, 0.25) is 0 Å². The molecular weight excluding hydrogens is 338 g/mol. The third kappa shape index (κ3) is 4.79. The molecule has 0 spiro atoms. The molecule has 0 unspecified atom stereocenters. The molecule has 3 rings (SSSR count). The molecule has 1 heterocycles. The van der Waals surface area contributed by atoms with Gasteiger partial charge in [0, 0.05) is 23.0 Å². The van der Waals surface area contributed by atoms with Crippen LogP contribution in [0.4, 0.5) is 5.69 Å². The number of aromatic nitrogens is 1. The number of benzene rings is 2. The first-order valence-corrected chi connectivity index (χ1v) is 8.70. The molecule has 0 atom stereocenters. The van der Waals surface area contributed by atoms with E-state index >= 15 is 0 Å². The van der Waals surface area contributed by atoms with Gasteiger partial charge in [0.25, 0.3) is 11.8 Å². The maximum atomic E-state index is 12.4. The topological polar surface area (TPSA) is 71.1 Å². The van der Waals surface area contributed by atoms with E-state index in [1.165, 1.54) is 5.56 Å². The number of nitrogens with zero attached hydrogens (tertiary/aromatic N) is 1. The SMILES string of the molecule is Cc1ccc(NC(=O)c2ccc(C(=O)NCc3ccccn3)cc2)cc1C. The third-order valence-corrected chi connectivity index (χ3v) is 4.33. The summed E-state index contributed by atoms with van der Waals surface area (Å²) in [6.45, 7) is 4.39. The van der Waals surface area contributed by atoms with Gasteiger partial charge in [-0.1, -0.05) is 12.1 Å². The molecule has 0 bridgehead atoms. The van der Waals surface area contributed by atoms with Crippen LogP contribution < -0.4 is 10.6 Å². The lowest BCUT2D eigenvalue weighted by Gasteiger charge is -2.09. The molecule has 5 heteroatoms. The Kier molecular flexibility index (Phi) is 5.61. The quantitative estimate of drug-likeness (QED) is 0.726. The number of nitrogens with one attached hydrogen (secondary N) is 2. The lowest BCUT2D eigenvalue weighted by atomic mass is 10.1. The van der Waals surface area contributed by atoms with Gasteiger partial charge in [-0.3, -0.25) is 14.6 Å². The first-order chi connectivity index (χ1) is 13.0. The highest BCUT2D eigenvalue weighted by atomic mass is 16.2. The van der Waals surface area contributed by atoms with E-state index in [2.05, 4.69) is 15.6 Å². The normalized spacial score (nSPS) is 10.3. The van der Waals surface area contributed by atoms with Crippen LogP contribution in [-0.2, 0) is 6.54 Å². The van der Waals surface area contributed by atoms with Crippen molar-refractivity contribution < 1.29 is 9.59 Å². The van der Waals surface area contributed by atoms with Gasteiger partial charge in [0.1, 0.15) is 0 Å². The Morgan fingerprint density at radius 2 is 1.56 bits per heavy atom. The maximum absolute atomic E-state index is 12.4. The summed E-state index contributed by atoms with van der Waals surface area (Å²) in [6, 6.07) is 17.9. The first kappa shape index (κ1) is 18.3. The number of aryl methyl sites for hydroxylation is 2. The molecule has 0 aliphatic heterocycles. The number of rotatable bonds is 5.